The summed E-state index contributed by atoms with van der Waals surface area (Å²) < 4.78 is 4.93. The van der Waals surface area contributed by atoms with Crippen molar-refractivity contribution in [3.05, 3.63) is 0 Å². The topological polar surface area (TPSA) is 60.4 Å². The minimum atomic E-state index is -0.350. The fraction of sp³-hybridized carbons (Fsp3) is 0.812. The molecule has 0 aliphatic heterocycles. The molecule has 110 valence electrons. The number of Topliss-reactive ketones (excluding diaryl/α,β-unsaturated/α-hetero) is 2. The Kier molecular flexibility index (Phi) is 3.22. The highest BCUT2D eigenvalue weighted by Crippen LogP contribution is 2.58. The number of carbonyl (C=O) groups is 3. The molecule has 0 saturated heterocycles. The van der Waals surface area contributed by atoms with E-state index in [0.29, 0.717) is 0 Å². The van der Waals surface area contributed by atoms with Gasteiger partial charge in [-0.1, -0.05) is 0 Å². The molecule has 0 heterocycles. The molecule has 0 amide bonds. The molecule has 4 aliphatic rings. The van der Waals surface area contributed by atoms with Crippen molar-refractivity contribution in [3.8, 4) is 0 Å². The number of rotatable bonds is 5. The van der Waals surface area contributed by atoms with Crippen LogP contribution in [-0.2, 0) is 19.1 Å². The maximum absolute atomic E-state index is 12.5. The van der Waals surface area contributed by atoms with Gasteiger partial charge in [0, 0.05) is 11.3 Å². The van der Waals surface area contributed by atoms with E-state index >= 15 is 0 Å². The van der Waals surface area contributed by atoms with E-state index < -0.39 is 0 Å². The highest BCUT2D eigenvalue weighted by molar-refractivity contribution is 6.03. The monoisotopic (exact) mass is 278 g/mol. The summed E-state index contributed by atoms with van der Waals surface area (Å²) in [5, 5.41) is 0. The van der Waals surface area contributed by atoms with Crippen LogP contribution >= 0.6 is 0 Å². The van der Waals surface area contributed by atoms with Crippen molar-refractivity contribution in [2.45, 2.75) is 57.8 Å². The number of hydrogen-bond donors (Lipinski definition) is 0. The van der Waals surface area contributed by atoms with Gasteiger partial charge in [-0.05, 0) is 51.4 Å². The normalized spacial score (nSPS) is 35.6. The number of esters is 1. The molecule has 4 saturated carbocycles. The van der Waals surface area contributed by atoms with E-state index in [9.17, 15) is 14.4 Å². The molecule has 4 aliphatic carbocycles. The van der Waals surface area contributed by atoms with Crippen LogP contribution in [0, 0.1) is 16.7 Å². The zero-order valence-corrected chi connectivity index (χ0v) is 12.1. The van der Waals surface area contributed by atoms with E-state index in [2.05, 4.69) is 0 Å². The average molecular weight is 278 g/mol. The van der Waals surface area contributed by atoms with Crippen LogP contribution in [0.15, 0.2) is 0 Å². The number of ether oxygens (including phenoxy) is 1. The first kappa shape index (κ1) is 13.8. The van der Waals surface area contributed by atoms with Crippen LogP contribution < -0.4 is 0 Å². The van der Waals surface area contributed by atoms with Gasteiger partial charge < -0.3 is 4.74 Å². The Balaban J connectivity index is 1.66. The van der Waals surface area contributed by atoms with Crippen molar-refractivity contribution in [3.63, 3.8) is 0 Å². The molecule has 0 spiro atoms. The molecule has 4 nitrogen and oxygen atoms in total. The molecule has 2 bridgehead atoms. The maximum atomic E-state index is 12.5. The van der Waals surface area contributed by atoms with Gasteiger partial charge in [0.05, 0.1) is 18.9 Å². The molecule has 4 rings (SSSR count). The molecular formula is C16H22O4. The van der Waals surface area contributed by atoms with E-state index in [1.165, 1.54) is 7.11 Å². The second-order valence-corrected chi connectivity index (χ2v) is 6.89. The van der Waals surface area contributed by atoms with Gasteiger partial charge in [-0.25, -0.2) is 0 Å². The zero-order valence-electron chi connectivity index (χ0n) is 12.1. The van der Waals surface area contributed by atoms with Crippen LogP contribution in [0.1, 0.15) is 57.8 Å². The van der Waals surface area contributed by atoms with Crippen molar-refractivity contribution in [2.75, 3.05) is 7.11 Å². The summed E-state index contributed by atoms with van der Waals surface area (Å²) in [6.07, 6.45) is 6.51. The molecule has 4 heteroatoms. The van der Waals surface area contributed by atoms with E-state index in [0.717, 1.165) is 51.4 Å². The lowest BCUT2D eigenvalue weighted by atomic mass is 9.52. The lowest BCUT2D eigenvalue weighted by Crippen LogP contribution is -2.49. The fourth-order valence-electron chi connectivity index (χ4n) is 4.02. The lowest BCUT2D eigenvalue weighted by Gasteiger charge is -2.50. The Morgan fingerprint density at radius 3 is 1.90 bits per heavy atom. The number of carbonyl (C=O) groups excluding carboxylic acids is 3. The van der Waals surface area contributed by atoms with Crippen LogP contribution in [0.3, 0.4) is 0 Å². The Bertz CT molecular complexity index is 437. The van der Waals surface area contributed by atoms with Crippen LogP contribution in [0.2, 0.25) is 0 Å². The Hall–Kier alpha value is -1.19. The first-order valence-corrected chi connectivity index (χ1v) is 7.66. The molecule has 4 fully saturated rings. The van der Waals surface area contributed by atoms with Gasteiger partial charge in [0.1, 0.15) is 11.6 Å². The zero-order chi connectivity index (χ0) is 14.4. The maximum Gasteiger partial charge on any atom is 0.311 e. The second-order valence-electron chi connectivity index (χ2n) is 6.89. The highest BCUT2D eigenvalue weighted by Gasteiger charge is 2.56. The minimum Gasteiger partial charge on any atom is -0.469 e. The predicted molar refractivity (Wildman–Crippen MR) is 71.9 cm³/mol. The van der Waals surface area contributed by atoms with Crippen LogP contribution in [0.25, 0.3) is 0 Å². The summed E-state index contributed by atoms with van der Waals surface area (Å²) in [5.41, 5.74) is -0.669. The Morgan fingerprint density at radius 1 is 0.950 bits per heavy atom. The second kappa shape index (κ2) is 4.68. The first-order chi connectivity index (χ1) is 9.51. The van der Waals surface area contributed by atoms with E-state index in [1.807, 2.05) is 0 Å². The highest BCUT2D eigenvalue weighted by atomic mass is 16.5. The number of ketones is 2. The lowest BCUT2D eigenvalue weighted by molar-refractivity contribution is -0.166. The summed E-state index contributed by atoms with van der Waals surface area (Å²) in [7, 11) is 1.44. The smallest absolute Gasteiger partial charge is 0.311 e. The SMILES string of the molecule is COC(=O)C12CCC(C(=O)CC(=O)C3CC3)(CC1)CC2. The van der Waals surface area contributed by atoms with Gasteiger partial charge in [-0.2, -0.15) is 0 Å². The summed E-state index contributed by atoms with van der Waals surface area (Å²) >= 11 is 0. The van der Waals surface area contributed by atoms with Crippen LogP contribution in [-0.4, -0.2) is 24.6 Å². The molecule has 0 aromatic carbocycles. The number of methoxy groups -OCH3 is 1. The van der Waals surface area contributed by atoms with Crippen LogP contribution in [0.5, 0.6) is 0 Å². The van der Waals surface area contributed by atoms with Crippen molar-refractivity contribution >= 4 is 17.5 Å². The Labute approximate surface area is 119 Å². The van der Waals surface area contributed by atoms with E-state index in [-0.39, 0.29) is 40.7 Å². The van der Waals surface area contributed by atoms with Gasteiger partial charge in [0.15, 0.2) is 0 Å². The third-order valence-corrected chi connectivity index (χ3v) is 5.82. The summed E-state index contributed by atoms with van der Waals surface area (Å²) in [5.74, 6) is 0.316. The third kappa shape index (κ3) is 2.09. The van der Waals surface area contributed by atoms with E-state index in [4.69, 9.17) is 4.74 Å². The quantitative estimate of drug-likeness (QED) is 0.572. The minimum absolute atomic E-state index is 0.118. The predicted octanol–water partition coefficient (Wildman–Crippen LogP) is 2.44. The molecule has 0 aromatic rings. The van der Waals surface area contributed by atoms with Gasteiger partial charge in [-0.15, -0.1) is 0 Å². The molecule has 0 unspecified atom stereocenters. The van der Waals surface area contributed by atoms with Crippen molar-refractivity contribution < 1.29 is 19.1 Å². The van der Waals surface area contributed by atoms with Gasteiger partial charge in [0.2, 0.25) is 0 Å². The summed E-state index contributed by atoms with van der Waals surface area (Å²) in [4.78, 5) is 36.3. The van der Waals surface area contributed by atoms with Crippen molar-refractivity contribution in [1.82, 2.24) is 0 Å². The van der Waals surface area contributed by atoms with Gasteiger partial charge in [-0.3, -0.25) is 14.4 Å². The van der Waals surface area contributed by atoms with Crippen molar-refractivity contribution in [1.29, 1.82) is 0 Å². The molecule has 20 heavy (non-hydrogen) atoms. The first-order valence-electron chi connectivity index (χ1n) is 7.66. The van der Waals surface area contributed by atoms with Gasteiger partial charge in [0.25, 0.3) is 0 Å². The molecule has 0 aromatic heterocycles. The Morgan fingerprint density at radius 2 is 1.45 bits per heavy atom. The number of fused-ring (bicyclic) bond motifs is 3. The number of hydrogen-bond acceptors (Lipinski definition) is 4. The molecule has 0 N–H and O–H groups in total. The summed E-state index contributed by atoms with van der Waals surface area (Å²) in [6, 6.07) is 0. The summed E-state index contributed by atoms with van der Waals surface area (Å²) in [6.45, 7) is 0. The fourth-order valence-corrected chi connectivity index (χ4v) is 4.02. The van der Waals surface area contributed by atoms with E-state index in [1.54, 1.807) is 0 Å². The molecular weight excluding hydrogens is 256 g/mol. The largest absolute Gasteiger partial charge is 0.469 e. The third-order valence-electron chi connectivity index (χ3n) is 5.82. The van der Waals surface area contributed by atoms with Crippen LogP contribution in [0.4, 0.5) is 0 Å². The van der Waals surface area contributed by atoms with Gasteiger partial charge >= 0.3 is 5.97 Å². The van der Waals surface area contributed by atoms with Crippen molar-refractivity contribution in [2.24, 2.45) is 16.7 Å². The molecule has 0 radical (unpaired) electrons. The standard InChI is InChI=1S/C16H22O4/c1-20-14(19)16-7-4-15(5-8-16,6-9-16)13(18)10-12(17)11-2-3-11/h11H,2-10H2,1H3. The average Bonchev–Trinajstić information content (AvgIpc) is 3.32. The molecule has 0 atom stereocenters.